The molecule has 1 N–H and O–H groups in total. The highest BCUT2D eigenvalue weighted by atomic mass is 35.5. The minimum Gasteiger partial charge on any atom is -0.372 e. The van der Waals surface area contributed by atoms with Crippen LogP contribution in [0.25, 0.3) is 0 Å². The first-order valence-electron chi connectivity index (χ1n) is 10.1. The number of piperidine rings is 1. The first kappa shape index (κ1) is 22.0. The molecule has 3 nitrogen and oxygen atoms in total. The largest absolute Gasteiger partial charge is 0.372 e. The smallest absolute Gasteiger partial charge is 0.230 e. The molecule has 0 saturated carbocycles. The number of hydrogen-bond donors (Lipinski definition) is 1. The standard InChI is InChI=1S/C23H28ClFN2OS/c1-16-10-12-27(13-11-16)19-8-6-18(7-9-19)17(2)26-23(28)15-29-14-20-21(24)4-3-5-22(20)25/h3-9,16-17H,10-15H2,1-2H3,(H,26,28)/t17-/m0/s1. The molecule has 0 spiro atoms. The lowest BCUT2D eigenvalue weighted by molar-refractivity contribution is -0.119. The fraction of sp³-hybridized carbons (Fsp3) is 0.435. The topological polar surface area (TPSA) is 32.3 Å². The van der Waals surface area contributed by atoms with Crippen molar-refractivity contribution < 1.29 is 9.18 Å². The van der Waals surface area contributed by atoms with E-state index in [-0.39, 0.29) is 23.5 Å². The van der Waals surface area contributed by atoms with Crippen LogP contribution in [0.3, 0.4) is 0 Å². The summed E-state index contributed by atoms with van der Waals surface area (Å²) in [6.45, 7) is 6.51. The highest BCUT2D eigenvalue weighted by molar-refractivity contribution is 7.99. The zero-order chi connectivity index (χ0) is 20.8. The van der Waals surface area contributed by atoms with Gasteiger partial charge in [-0.05, 0) is 55.5 Å². The first-order valence-corrected chi connectivity index (χ1v) is 11.6. The van der Waals surface area contributed by atoms with Crippen molar-refractivity contribution in [2.45, 2.75) is 38.5 Å². The predicted molar refractivity (Wildman–Crippen MR) is 121 cm³/mol. The molecule has 0 bridgehead atoms. The van der Waals surface area contributed by atoms with E-state index in [1.807, 2.05) is 6.92 Å². The van der Waals surface area contributed by atoms with E-state index >= 15 is 0 Å². The molecule has 1 amide bonds. The Bertz CT molecular complexity index is 802. The van der Waals surface area contributed by atoms with E-state index in [1.54, 1.807) is 12.1 Å². The third-order valence-electron chi connectivity index (χ3n) is 5.46. The summed E-state index contributed by atoms with van der Waals surface area (Å²) in [5.41, 5.74) is 2.77. The van der Waals surface area contributed by atoms with E-state index < -0.39 is 0 Å². The molecule has 3 rings (SSSR count). The Morgan fingerprint density at radius 1 is 1.24 bits per heavy atom. The maximum Gasteiger partial charge on any atom is 0.230 e. The van der Waals surface area contributed by atoms with E-state index in [2.05, 4.69) is 41.4 Å². The van der Waals surface area contributed by atoms with Gasteiger partial charge in [0.25, 0.3) is 0 Å². The maximum atomic E-state index is 13.8. The van der Waals surface area contributed by atoms with Gasteiger partial charge in [0.2, 0.25) is 5.91 Å². The number of nitrogens with one attached hydrogen (secondary N) is 1. The number of carbonyl (C=O) groups excluding carboxylic acids is 1. The number of nitrogens with zero attached hydrogens (tertiary/aromatic N) is 1. The van der Waals surface area contributed by atoms with Gasteiger partial charge >= 0.3 is 0 Å². The van der Waals surface area contributed by atoms with Gasteiger partial charge in [0.05, 0.1) is 11.8 Å². The van der Waals surface area contributed by atoms with Crippen LogP contribution in [0.2, 0.25) is 5.02 Å². The van der Waals surface area contributed by atoms with Crippen molar-refractivity contribution in [1.29, 1.82) is 0 Å². The molecule has 29 heavy (non-hydrogen) atoms. The maximum absolute atomic E-state index is 13.8. The second-order valence-electron chi connectivity index (χ2n) is 7.74. The summed E-state index contributed by atoms with van der Waals surface area (Å²) < 4.78 is 13.8. The van der Waals surface area contributed by atoms with Gasteiger partial charge in [0.15, 0.2) is 0 Å². The average molecular weight is 435 g/mol. The van der Waals surface area contributed by atoms with Crippen molar-refractivity contribution in [1.82, 2.24) is 5.32 Å². The molecule has 0 radical (unpaired) electrons. The summed E-state index contributed by atoms with van der Waals surface area (Å²) in [5, 5.41) is 3.41. The molecule has 0 aromatic heterocycles. The third-order valence-corrected chi connectivity index (χ3v) is 6.77. The van der Waals surface area contributed by atoms with Gasteiger partial charge in [-0.3, -0.25) is 4.79 Å². The minimum atomic E-state index is -0.331. The number of hydrogen-bond acceptors (Lipinski definition) is 3. The molecule has 0 unspecified atom stereocenters. The summed E-state index contributed by atoms with van der Waals surface area (Å²) in [7, 11) is 0. The second kappa shape index (κ2) is 10.4. The van der Waals surface area contributed by atoms with Crippen molar-refractivity contribution >= 4 is 35.0 Å². The Balaban J connectivity index is 1.47. The van der Waals surface area contributed by atoms with Gasteiger partial charge in [-0.2, -0.15) is 0 Å². The lowest BCUT2D eigenvalue weighted by Crippen LogP contribution is -2.32. The van der Waals surface area contributed by atoms with E-state index in [4.69, 9.17) is 11.6 Å². The zero-order valence-corrected chi connectivity index (χ0v) is 18.5. The van der Waals surface area contributed by atoms with Crippen molar-refractivity contribution in [3.05, 3.63) is 64.4 Å². The molecule has 1 atom stereocenters. The van der Waals surface area contributed by atoms with Crippen molar-refractivity contribution in [2.75, 3.05) is 23.7 Å². The molecule has 156 valence electrons. The van der Waals surface area contributed by atoms with Gasteiger partial charge in [0.1, 0.15) is 5.82 Å². The van der Waals surface area contributed by atoms with E-state index in [1.165, 1.54) is 36.4 Å². The highest BCUT2D eigenvalue weighted by Crippen LogP contribution is 2.26. The SMILES string of the molecule is CC1CCN(c2ccc([C@H](C)NC(=O)CSCc3c(F)cccc3Cl)cc2)CC1. The van der Waals surface area contributed by atoms with Gasteiger partial charge in [-0.15, -0.1) is 11.8 Å². The molecule has 2 aromatic carbocycles. The second-order valence-corrected chi connectivity index (χ2v) is 9.14. The monoisotopic (exact) mass is 434 g/mol. The number of anilines is 1. The fourth-order valence-electron chi connectivity index (χ4n) is 3.52. The van der Waals surface area contributed by atoms with Crippen LogP contribution in [0.15, 0.2) is 42.5 Å². The van der Waals surface area contributed by atoms with Crippen molar-refractivity contribution in [3.8, 4) is 0 Å². The molecule has 2 aromatic rings. The molecular formula is C23H28ClFN2OS. The van der Waals surface area contributed by atoms with Gasteiger partial charge in [0, 0.05) is 35.1 Å². The Labute approximate surface area is 182 Å². The van der Waals surface area contributed by atoms with Crippen LogP contribution in [0.5, 0.6) is 0 Å². The Morgan fingerprint density at radius 3 is 2.59 bits per heavy atom. The molecule has 1 aliphatic heterocycles. The van der Waals surface area contributed by atoms with Crippen LogP contribution < -0.4 is 10.2 Å². The summed E-state index contributed by atoms with van der Waals surface area (Å²) in [6, 6.07) is 13.0. The lowest BCUT2D eigenvalue weighted by atomic mass is 9.98. The molecule has 1 saturated heterocycles. The van der Waals surface area contributed by atoms with Gasteiger partial charge in [-0.25, -0.2) is 4.39 Å². The molecule has 6 heteroatoms. The average Bonchev–Trinajstić information content (AvgIpc) is 2.71. The van der Waals surface area contributed by atoms with Crippen LogP contribution in [0.4, 0.5) is 10.1 Å². The van der Waals surface area contributed by atoms with Crippen molar-refractivity contribution in [2.24, 2.45) is 5.92 Å². The molecular weight excluding hydrogens is 407 g/mol. The zero-order valence-electron chi connectivity index (χ0n) is 17.0. The minimum absolute atomic E-state index is 0.0657. The normalized spacial score (nSPS) is 15.9. The number of carbonyl (C=O) groups is 1. The highest BCUT2D eigenvalue weighted by Gasteiger charge is 2.17. The number of rotatable bonds is 7. The van der Waals surface area contributed by atoms with Gasteiger partial charge in [-0.1, -0.05) is 36.7 Å². The van der Waals surface area contributed by atoms with Crippen LogP contribution in [-0.2, 0) is 10.5 Å². The van der Waals surface area contributed by atoms with E-state index in [0.29, 0.717) is 16.3 Å². The van der Waals surface area contributed by atoms with E-state index in [0.717, 1.165) is 24.6 Å². The van der Waals surface area contributed by atoms with Crippen molar-refractivity contribution in [3.63, 3.8) is 0 Å². The van der Waals surface area contributed by atoms with Crippen LogP contribution in [0.1, 0.15) is 43.9 Å². The number of amides is 1. The quantitative estimate of drug-likeness (QED) is 0.595. The number of thioether (sulfide) groups is 1. The lowest BCUT2D eigenvalue weighted by Gasteiger charge is -2.32. The first-order chi connectivity index (χ1) is 13.9. The molecule has 1 heterocycles. The molecule has 1 fully saturated rings. The Hall–Kier alpha value is -1.72. The van der Waals surface area contributed by atoms with Crippen LogP contribution >= 0.6 is 23.4 Å². The molecule has 1 aliphatic rings. The third kappa shape index (κ3) is 6.13. The van der Waals surface area contributed by atoms with Crippen LogP contribution in [-0.4, -0.2) is 24.7 Å². The summed E-state index contributed by atoms with van der Waals surface area (Å²) >= 11 is 7.39. The molecule has 0 aliphatic carbocycles. The summed E-state index contributed by atoms with van der Waals surface area (Å²) in [5.74, 6) is 1.05. The fourth-order valence-corrected chi connectivity index (χ4v) is 4.70. The Kier molecular flexibility index (Phi) is 7.84. The summed E-state index contributed by atoms with van der Waals surface area (Å²) in [6.07, 6.45) is 2.48. The predicted octanol–water partition coefficient (Wildman–Crippen LogP) is 5.83. The number of benzene rings is 2. The number of halogens is 2. The summed E-state index contributed by atoms with van der Waals surface area (Å²) in [4.78, 5) is 14.7. The Morgan fingerprint density at radius 2 is 1.93 bits per heavy atom. The van der Waals surface area contributed by atoms with Crippen LogP contribution in [0, 0.1) is 11.7 Å². The van der Waals surface area contributed by atoms with E-state index in [9.17, 15) is 9.18 Å². The van der Waals surface area contributed by atoms with Gasteiger partial charge < -0.3 is 10.2 Å².